The summed E-state index contributed by atoms with van der Waals surface area (Å²) < 4.78 is 38.1. The first-order valence-corrected chi connectivity index (χ1v) is 12.6. The zero-order chi connectivity index (χ0) is 20.7. The van der Waals surface area contributed by atoms with Crippen LogP contribution in [0.25, 0.3) is 10.2 Å². The summed E-state index contributed by atoms with van der Waals surface area (Å²) in [6.07, 6.45) is 2.22. The molecule has 158 valence electrons. The van der Waals surface area contributed by atoms with Gasteiger partial charge in [-0.25, -0.2) is 13.4 Å². The van der Waals surface area contributed by atoms with Crippen molar-refractivity contribution < 1.29 is 17.9 Å². The van der Waals surface area contributed by atoms with Crippen molar-refractivity contribution >= 4 is 31.6 Å². The molecule has 9 heteroatoms. The van der Waals surface area contributed by atoms with E-state index in [2.05, 4.69) is 9.88 Å². The third-order valence-corrected chi connectivity index (χ3v) is 7.89. The van der Waals surface area contributed by atoms with Crippen LogP contribution >= 0.6 is 11.3 Å². The number of hydrogen-bond acceptors (Lipinski definition) is 7. The van der Waals surface area contributed by atoms with Crippen molar-refractivity contribution in [2.75, 3.05) is 32.5 Å². The maximum absolute atomic E-state index is 11.8. The number of thiazole rings is 1. The molecule has 3 heterocycles. The van der Waals surface area contributed by atoms with Crippen molar-refractivity contribution in [2.45, 2.75) is 18.5 Å². The van der Waals surface area contributed by atoms with E-state index >= 15 is 0 Å². The summed E-state index contributed by atoms with van der Waals surface area (Å²) in [5.41, 5.74) is 0.938. The fraction of sp³-hybridized carbons (Fsp3) is 0.381. The molecule has 0 N–H and O–H groups in total. The van der Waals surface area contributed by atoms with Crippen molar-refractivity contribution in [2.24, 2.45) is 0 Å². The van der Waals surface area contributed by atoms with Gasteiger partial charge in [-0.3, -0.25) is 4.90 Å². The maximum Gasteiger partial charge on any atom is 0.279 e. The number of rotatable bonds is 7. The van der Waals surface area contributed by atoms with Gasteiger partial charge in [-0.15, -0.1) is 0 Å². The minimum Gasteiger partial charge on any atom is -0.492 e. The highest BCUT2D eigenvalue weighted by molar-refractivity contribution is 7.88. The summed E-state index contributed by atoms with van der Waals surface area (Å²) in [7, 11) is -3.10. The predicted molar refractivity (Wildman–Crippen MR) is 117 cm³/mol. The number of fused-ring (bicyclic) bond motifs is 3. The SMILES string of the molecule is CS(=O)(=O)N1CC2CC1CN2CCOc1ccc(Oc2nc3ccccc3s2)cc1. The summed E-state index contributed by atoms with van der Waals surface area (Å²) in [6.45, 7) is 2.75. The van der Waals surface area contributed by atoms with E-state index in [0.29, 0.717) is 24.4 Å². The molecule has 2 fully saturated rings. The van der Waals surface area contributed by atoms with Crippen molar-refractivity contribution in [1.82, 2.24) is 14.2 Å². The van der Waals surface area contributed by atoms with E-state index in [0.717, 1.165) is 41.2 Å². The Labute approximate surface area is 179 Å². The van der Waals surface area contributed by atoms with Gasteiger partial charge in [-0.1, -0.05) is 23.5 Å². The van der Waals surface area contributed by atoms with Crippen LogP contribution in [0, 0.1) is 0 Å². The molecule has 5 rings (SSSR count). The lowest BCUT2D eigenvalue weighted by Crippen LogP contribution is -2.49. The molecule has 3 aromatic rings. The molecule has 0 aliphatic carbocycles. The Morgan fingerprint density at radius 2 is 1.83 bits per heavy atom. The normalized spacial score (nSPS) is 22.0. The Kier molecular flexibility index (Phi) is 5.14. The highest BCUT2D eigenvalue weighted by Gasteiger charge is 2.46. The largest absolute Gasteiger partial charge is 0.492 e. The zero-order valence-corrected chi connectivity index (χ0v) is 18.2. The molecule has 2 bridgehead atoms. The monoisotopic (exact) mass is 445 g/mol. The van der Waals surface area contributed by atoms with Gasteiger partial charge >= 0.3 is 0 Å². The summed E-state index contributed by atoms with van der Waals surface area (Å²) in [5.74, 6) is 1.51. The quantitative estimate of drug-likeness (QED) is 0.556. The lowest BCUT2D eigenvalue weighted by molar-refractivity contribution is 0.153. The highest BCUT2D eigenvalue weighted by atomic mass is 32.2. The van der Waals surface area contributed by atoms with Crippen LogP contribution in [0.1, 0.15) is 6.42 Å². The number of ether oxygens (including phenoxy) is 2. The molecular weight excluding hydrogens is 422 g/mol. The molecule has 30 heavy (non-hydrogen) atoms. The van der Waals surface area contributed by atoms with Crippen molar-refractivity contribution in [3.8, 4) is 16.7 Å². The van der Waals surface area contributed by atoms with Crippen LogP contribution in [-0.2, 0) is 10.0 Å². The third-order valence-electron chi connectivity index (χ3n) is 5.68. The van der Waals surface area contributed by atoms with E-state index in [1.54, 1.807) is 4.31 Å². The predicted octanol–water partition coefficient (Wildman–Crippen LogP) is 3.19. The van der Waals surface area contributed by atoms with Gasteiger partial charge in [-0.05, 0) is 42.8 Å². The van der Waals surface area contributed by atoms with Gasteiger partial charge < -0.3 is 9.47 Å². The number of likely N-dealkylation sites (tertiary alicyclic amines) is 1. The summed E-state index contributed by atoms with van der Waals surface area (Å²) in [4.78, 5) is 6.81. The second-order valence-corrected chi connectivity index (χ2v) is 10.7. The van der Waals surface area contributed by atoms with Crippen LogP contribution in [0.2, 0.25) is 0 Å². The van der Waals surface area contributed by atoms with Crippen LogP contribution in [0.15, 0.2) is 48.5 Å². The molecule has 0 amide bonds. The van der Waals surface area contributed by atoms with E-state index in [9.17, 15) is 8.42 Å². The summed E-state index contributed by atoms with van der Waals surface area (Å²) in [6, 6.07) is 15.9. The third kappa shape index (κ3) is 4.02. The van der Waals surface area contributed by atoms with Gasteiger partial charge in [0, 0.05) is 31.7 Å². The first-order valence-electron chi connectivity index (χ1n) is 9.93. The zero-order valence-electron chi connectivity index (χ0n) is 16.6. The van der Waals surface area contributed by atoms with Crippen LogP contribution < -0.4 is 9.47 Å². The fourth-order valence-electron chi connectivity index (χ4n) is 4.27. The standard InChI is InChI=1S/C21H23N3O4S2/c1-30(25,26)24-14-15-12-16(24)13-23(15)10-11-27-17-6-8-18(9-7-17)28-21-22-19-4-2-3-5-20(19)29-21/h2-9,15-16H,10-14H2,1H3. The summed E-state index contributed by atoms with van der Waals surface area (Å²) >= 11 is 1.52. The minimum atomic E-state index is -3.10. The van der Waals surface area contributed by atoms with Gasteiger partial charge in [-0.2, -0.15) is 4.31 Å². The van der Waals surface area contributed by atoms with Crippen LogP contribution in [0.5, 0.6) is 16.7 Å². The number of piperazine rings is 1. The first-order chi connectivity index (χ1) is 14.5. The lowest BCUT2D eigenvalue weighted by Gasteiger charge is -2.32. The molecule has 0 spiro atoms. The van der Waals surface area contributed by atoms with Gasteiger partial charge in [0.1, 0.15) is 18.1 Å². The Morgan fingerprint density at radius 1 is 1.07 bits per heavy atom. The van der Waals surface area contributed by atoms with Crippen molar-refractivity contribution in [3.63, 3.8) is 0 Å². The second-order valence-electron chi connectivity index (χ2n) is 7.74. The second kappa shape index (κ2) is 7.81. The van der Waals surface area contributed by atoms with E-state index in [-0.39, 0.29) is 6.04 Å². The molecule has 0 saturated carbocycles. The van der Waals surface area contributed by atoms with Gasteiger partial charge in [0.2, 0.25) is 10.0 Å². The smallest absolute Gasteiger partial charge is 0.279 e. The highest BCUT2D eigenvalue weighted by Crippen LogP contribution is 2.33. The van der Waals surface area contributed by atoms with Gasteiger partial charge in [0.05, 0.1) is 16.5 Å². The Bertz CT molecular complexity index is 1110. The van der Waals surface area contributed by atoms with Crippen LogP contribution in [-0.4, -0.2) is 67.2 Å². The van der Waals surface area contributed by atoms with Crippen LogP contribution in [0.3, 0.4) is 0 Å². The van der Waals surface area contributed by atoms with E-state index < -0.39 is 10.0 Å². The van der Waals surface area contributed by atoms with Gasteiger partial charge in [0.15, 0.2) is 0 Å². The Morgan fingerprint density at radius 3 is 2.53 bits per heavy atom. The molecule has 2 atom stereocenters. The van der Waals surface area contributed by atoms with E-state index in [4.69, 9.17) is 9.47 Å². The Hall–Kier alpha value is -2.20. The van der Waals surface area contributed by atoms with Crippen molar-refractivity contribution in [3.05, 3.63) is 48.5 Å². The Balaban J connectivity index is 1.11. The van der Waals surface area contributed by atoms with Crippen molar-refractivity contribution in [1.29, 1.82) is 0 Å². The molecule has 2 aromatic carbocycles. The van der Waals surface area contributed by atoms with Gasteiger partial charge in [0.25, 0.3) is 5.19 Å². The molecule has 2 unspecified atom stereocenters. The number of benzene rings is 2. The number of sulfonamides is 1. The maximum atomic E-state index is 11.8. The number of aromatic nitrogens is 1. The molecule has 2 aliphatic rings. The average Bonchev–Trinajstić information content (AvgIpc) is 3.42. The first kappa shape index (κ1) is 19.7. The number of para-hydroxylation sites is 1. The lowest BCUT2D eigenvalue weighted by atomic mass is 10.2. The van der Waals surface area contributed by atoms with E-state index in [1.165, 1.54) is 17.6 Å². The topological polar surface area (TPSA) is 72.0 Å². The molecule has 2 saturated heterocycles. The minimum absolute atomic E-state index is 0.115. The molecule has 1 aromatic heterocycles. The molecule has 7 nitrogen and oxygen atoms in total. The summed E-state index contributed by atoms with van der Waals surface area (Å²) in [5, 5.41) is 0.622. The molecular formula is C21H23N3O4S2. The number of hydrogen-bond donors (Lipinski definition) is 0. The molecule has 2 aliphatic heterocycles. The number of nitrogens with zero attached hydrogens (tertiary/aromatic N) is 3. The van der Waals surface area contributed by atoms with E-state index in [1.807, 2.05) is 48.5 Å². The van der Waals surface area contributed by atoms with Crippen LogP contribution in [0.4, 0.5) is 0 Å². The molecule has 0 radical (unpaired) electrons. The average molecular weight is 446 g/mol. The fourth-order valence-corrected chi connectivity index (χ4v) is 6.25.